The number of halogens is 5. The van der Waals surface area contributed by atoms with E-state index in [2.05, 4.69) is 20.9 Å². The highest BCUT2D eigenvalue weighted by Gasteiger charge is 2.17. The Hall–Kier alpha value is -1.73. The third kappa shape index (κ3) is 2.26. The van der Waals surface area contributed by atoms with E-state index in [0.29, 0.717) is 5.52 Å². The molecule has 0 spiro atoms. The zero-order valence-electron chi connectivity index (χ0n) is 10.2. The lowest BCUT2D eigenvalue weighted by Gasteiger charge is -2.09. The highest BCUT2D eigenvalue weighted by molar-refractivity contribution is 9.10. The van der Waals surface area contributed by atoms with Crippen LogP contribution in [0, 0.1) is 17.5 Å². The van der Waals surface area contributed by atoms with Gasteiger partial charge in [0.05, 0.1) is 26.2 Å². The van der Waals surface area contributed by atoms with Crippen molar-refractivity contribution in [2.75, 3.05) is 5.73 Å². The Morgan fingerprint density at radius 1 is 1.05 bits per heavy atom. The zero-order valence-corrected chi connectivity index (χ0v) is 12.5. The summed E-state index contributed by atoms with van der Waals surface area (Å²) in [5.74, 6) is -2.30. The fraction of sp³-hybridized carbons (Fsp3) is 0. The standard InChI is InChI=1S/C13H6BrClF3N3/c14-5-1-11(9(18)3-7(5)16)21-12-2-6(15)8(17)4-10(12)20-13(21)19/h1-4H,(H2,19,20). The van der Waals surface area contributed by atoms with Gasteiger partial charge in [-0.25, -0.2) is 18.2 Å². The molecule has 0 radical (unpaired) electrons. The van der Waals surface area contributed by atoms with Crippen LogP contribution in [0.25, 0.3) is 16.7 Å². The second-order valence-electron chi connectivity index (χ2n) is 4.28. The van der Waals surface area contributed by atoms with Crippen LogP contribution in [0.5, 0.6) is 0 Å². The molecule has 3 nitrogen and oxygen atoms in total. The average Bonchev–Trinajstić information content (AvgIpc) is 2.70. The first-order valence-electron chi connectivity index (χ1n) is 5.66. The number of aromatic nitrogens is 2. The van der Waals surface area contributed by atoms with Gasteiger partial charge < -0.3 is 5.73 Å². The van der Waals surface area contributed by atoms with E-state index in [9.17, 15) is 13.2 Å². The molecule has 108 valence electrons. The summed E-state index contributed by atoms with van der Waals surface area (Å²) in [6.07, 6.45) is 0. The van der Waals surface area contributed by atoms with Gasteiger partial charge in [-0.1, -0.05) is 11.6 Å². The van der Waals surface area contributed by atoms with Crippen molar-refractivity contribution in [3.63, 3.8) is 0 Å². The summed E-state index contributed by atoms with van der Waals surface area (Å²) in [6.45, 7) is 0. The maximum atomic E-state index is 14.0. The van der Waals surface area contributed by atoms with Crippen LogP contribution in [-0.2, 0) is 0 Å². The van der Waals surface area contributed by atoms with Crippen molar-refractivity contribution in [1.29, 1.82) is 0 Å². The number of benzene rings is 2. The lowest BCUT2D eigenvalue weighted by atomic mass is 10.2. The second kappa shape index (κ2) is 4.92. The molecule has 1 aromatic heterocycles. The minimum Gasteiger partial charge on any atom is -0.369 e. The molecule has 0 fully saturated rings. The minimum atomic E-state index is -0.831. The maximum absolute atomic E-state index is 14.0. The molecule has 21 heavy (non-hydrogen) atoms. The Morgan fingerprint density at radius 2 is 1.76 bits per heavy atom. The van der Waals surface area contributed by atoms with Crippen LogP contribution in [0.4, 0.5) is 19.1 Å². The number of hydrogen-bond acceptors (Lipinski definition) is 2. The smallest absolute Gasteiger partial charge is 0.206 e. The van der Waals surface area contributed by atoms with E-state index in [1.165, 1.54) is 16.7 Å². The molecule has 0 aliphatic carbocycles. The molecule has 0 aliphatic rings. The molecule has 0 bridgehead atoms. The maximum Gasteiger partial charge on any atom is 0.206 e. The van der Waals surface area contributed by atoms with E-state index >= 15 is 0 Å². The predicted octanol–water partition coefficient (Wildman–Crippen LogP) is 4.44. The quantitative estimate of drug-likeness (QED) is 0.638. The Bertz CT molecular complexity index is 879. The molecule has 0 saturated carbocycles. The summed E-state index contributed by atoms with van der Waals surface area (Å²) in [5.41, 5.74) is 6.26. The van der Waals surface area contributed by atoms with Crippen LogP contribution in [0.15, 0.2) is 28.7 Å². The summed E-state index contributed by atoms with van der Waals surface area (Å²) in [4.78, 5) is 3.95. The van der Waals surface area contributed by atoms with Gasteiger partial charge in [-0.2, -0.15) is 0 Å². The third-order valence-corrected chi connectivity index (χ3v) is 3.85. The summed E-state index contributed by atoms with van der Waals surface area (Å²) < 4.78 is 42.1. The van der Waals surface area contributed by atoms with E-state index in [1.54, 1.807) is 0 Å². The first kappa shape index (κ1) is 14.2. The summed E-state index contributed by atoms with van der Waals surface area (Å²) in [6, 6.07) is 4.32. The van der Waals surface area contributed by atoms with Gasteiger partial charge in [-0.05, 0) is 28.1 Å². The number of nitrogens with zero attached hydrogens (tertiary/aromatic N) is 2. The van der Waals surface area contributed by atoms with Gasteiger partial charge in [0.1, 0.15) is 17.5 Å². The number of imidazole rings is 1. The molecule has 3 aromatic rings. The van der Waals surface area contributed by atoms with Crippen LogP contribution in [0.3, 0.4) is 0 Å². The fourth-order valence-electron chi connectivity index (χ4n) is 2.03. The molecule has 0 saturated heterocycles. The Kier molecular flexibility index (Phi) is 3.33. The van der Waals surface area contributed by atoms with E-state index in [0.717, 1.165) is 12.1 Å². The van der Waals surface area contributed by atoms with Crippen molar-refractivity contribution in [2.24, 2.45) is 0 Å². The average molecular weight is 377 g/mol. The minimum absolute atomic E-state index is 0.0223. The van der Waals surface area contributed by atoms with Crippen molar-refractivity contribution in [3.05, 3.63) is 51.2 Å². The highest BCUT2D eigenvalue weighted by atomic mass is 79.9. The molecular formula is C13H6BrClF3N3. The lowest BCUT2D eigenvalue weighted by molar-refractivity contribution is 0.574. The number of anilines is 1. The molecule has 2 N–H and O–H groups in total. The van der Waals surface area contributed by atoms with Gasteiger partial charge in [0.25, 0.3) is 0 Å². The topological polar surface area (TPSA) is 43.8 Å². The largest absolute Gasteiger partial charge is 0.369 e. The Balaban J connectivity index is 2.37. The normalized spacial score (nSPS) is 11.3. The molecule has 8 heteroatoms. The van der Waals surface area contributed by atoms with E-state index in [1.807, 2.05) is 0 Å². The predicted molar refractivity (Wildman–Crippen MR) is 78.1 cm³/mol. The van der Waals surface area contributed by atoms with Crippen molar-refractivity contribution in [1.82, 2.24) is 9.55 Å². The first-order valence-corrected chi connectivity index (χ1v) is 6.83. The highest BCUT2D eigenvalue weighted by Crippen LogP contribution is 2.30. The Morgan fingerprint density at radius 3 is 2.48 bits per heavy atom. The van der Waals surface area contributed by atoms with Crippen molar-refractivity contribution < 1.29 is 13.2 Å². The lowest BCUT2D eigenvalue weighted by Crippen LogP contribution is -2.04. The van der Waals surface area contributed by atoms with Crippen LogP contribution < -0.4 is 5.73 Å². The summed E-state index contributed by atoms with van der Waals surface area (Å²) >= 11 is 8.71. The molecule has 3 rings (SSSR count). The number of nitrogens with two attached hydrogens (primary N) is 1. The number of hydrogen-bond donors (Lipinski definition) is 1. The van der Waals surface area contributed by atoms with Gasteiger partial charge in [0.2, 0.25) is 5.95 Å². The van der Waals surface area contributed by atoms with Gasteiger partial charge in [-0.3, -0.25) is 4.57 Å². The van der Waals surface area contributed by atoms with Crippen LogP contribution in [0.1, 0.15) is 0 Å². The zero-order chi connectivity index (χ0) is 15.3. The second-order valence-corrected chi connectivity index (χ2v) is 5.54. The van der Waals surface area contributed by atoms with Gasteiger partial charge in [0.15, 0.2) is 0 Å². The van der Waals surface area contributed by atoms with E-state index in [4.69, 9.17) is 17.3 Å². The number of nitrogen functional groups attached to an aromatic ring is 1. The monoisotopic (exact) mass is 375 g/mol. The molecule has 0 amide bonds. The first-order chi connectivity index (χ1) is 9.88. The van der Waals surface area contributed by atoms with E-state index < -0.39 is 17.5 Å². The van der Waals surface area contributed by atoms with Crippen LogP contribution >= 0.6 is 27.5 Å². The molecule has 0 aliphatic heterocycles. The fourth-order valence-corrected chi connectivity index (χ4v) is 2.52. The van der Waals surface area contributed by atoms with Gasteiger partial charge in [-0.15, -0.1) is 0 Å². The molecular weight excluding hydrogens is 371 g/mol. The molecule has 2 aromatic carbocycles. The van der Waals surface area contributed by atoms with Crippen molar-refractivity contribution in [2.45, 2.75) is 0 Å². The summed E-state index contributed by atoms with van der Waals surface area (Å²) in [7, 11) is 0. The number of fused-ring (bicyclic) bond motifs is 1. The summed E-state index contributed by atoms with van der Waals surface area (Å²) in [5, 5.41) is -0.148. The molecule has 1 heterocycles. The van der Waals surface area contributed by atoms with Gasteiger partial charge >= 0.3 is 0 Å². The van der Waals surface area contributed by atoms with Crippen molar-refractivity contribution >= 4 is 44.5 Å². The van der Waals surface area contributed by atoms with Crippen molar-refractivity contribution in [3.8, 4) is 5.69 Å². The third-order valence-electron chi connectivity index (χ3n) is 2.95. The van der Waals surface area contributed by atoms with Gasteiger partial charge in [0, 0.05) is 12.1 Å². The SMILES string of the molecule is Nc1nc2cc(F)c(Cl)cc2n1-c1cc(Br)c(F)cc1F. The molecule has 0 unspecified atom stereocenters. The van der Waals surface area contributed by atoms with Crippen LogP contribution in [-0.4, -0.2) is 9.55 Å². The molecule has 0 atom stereocenters. The van der Waals surface area contributed by atoms with E-state index in [-0.39, 0.29) is 26.6 Å². The Labute approximate surface area is 130 Å². The van der Waals surface area contributed by atoms with Crippen LogP contribution in [0.2, 0.25) is 5.02 Å². The number of rotatable bonds is 1.